The lowest BCUT2D eigenvalue weighted by Crippen LogP contribution is -2.51. The molecule has 4 aromatic rings. The maximum absolute atomic E-state index is 14.0. The Kier molecular flexibility index (Phi) is 13.9. The van der Waals surface area contributed by atoms with Crippen LogP contribution in [0.5, 0.6) is 11.5 Å². The highest BCUT2D eigenvalue weighted by Crippen LogP contribution is 2.44. The molecular formula is C49H55N5O14. The highest BCUT2D eigenvalue weighted by Gasteiger charge is 2.41. The molecule has 0 spiro atoms. The Labute approximate surface area is 390 Å². The van der Waals surface area contributed by atoms with Crippen molar-refractivity contribution >= 4 is 52.0 Å². The van der Waals surface area contributed by atoms with Gasteiger partial charge in [0.25, 0.3) is 5.56 Å². The summed E-state index contributed by atoms with van der Waals surface area (Å²) >= 11 is 0. The van der Waals surface area contributed by atoms with Crippen molar-refractivity contribution in [2.24, 2.45) is 5.92 Å². The first-order valence-corrected chi connectivity index (χ1v) is 22.8. The standard InChI is InChI=1S/C49H55N5O14/c1-6-30-31-16-36-42-33(19-54(36)46(59)34(31)21-64-48(30)62)41(32-17-38-39(67-22-66-38)18-35(32)53-42)24(4)11-12-50-49(63)65-20-27-7-9-28(52-45(58)25(5)51-40(56)13-23(2)3)14-26(27)8-10-29-15-37(55)43(57)44(68-29)47(60)61/h7,9,14,16-18,23,25,29-30,37,43-44,55,57H,4,6,8,10-13,15,19-22H2,1-3,5H3,(H,50,63)(H,51,56)(H,52,58)(H,60,61)/t25-,29-,30+,37+,43-,44-/m0/s1. The van der Waals surface area contributed by atoms with Gasteiger partial charge < -0.3 is 59.5 Å². The van der Waals surface area contributed by atoms with E-state index in [1.165, 1.54) is 0 Å². The monoisotopic (exact) mass is 937 g/mol. The van der Waals surface area contributed by atoms with Gasteiger partial charge in [0.05, 0.1) is 47.1 Å². The molecule has 4 aliphatic rings. The number of anilines is 1. The van der Waals surface area contributed by atoms with E-state index in [4.69, 9.17) is 28.7 Å². The molecule has 4 aliphatic heterocycles. The molecule has 8 rings (SSSR count). The number of aliphatic hydroxyl groups is 2. The number of ether oxygens (including phenoxy) is 5. The molecule has 2 aromatic carbocycles. The van der Waals surface area contributed by atoms with Crippen LogP contribution in [0.25, 0.3) is 27.9 Å². The van der Waals surface area contributed by atoms with Gasteiger partial charge in [0, 0.05) is 42.1 Å². The Morgan fingerprint density at radius 3 is 2.50 bits per heavy atom. The number of hydrogen-bond acceptors (Lipinski definition) is 14. The number of aliphatic carboxylic acids is 1. The van der Waals surface area contributed by atoms with E-state index in [0.717, 1.165) is 16.5 Å². The van der Waals surface area contributed by atoms with Crippen molar-refractivity contribution in [3.05, 3.63) is 86.7 Å². The molecule has 0 radical (unpaired) electrons. The number of nitrogens with zero attached hydrogens (tertiary/aromatic N) is 2. The average Bonchev–Trinajstić information content (AvgIpc) is 3.91. The lowest BCUT2D eigenvalue weighted by molar-refractivity contribution is -0.193. The number of carboxylic acids is 1. The van der Waals surface area contributed by atoms with E-state index in [1.807, 2.05) is 32.9 Å². The van der Waals surface area contributed by atoms with E-state index >= 15 is 0 Å². The van der Waals surface area contributed by atoms with Crippen LogP contribution >= 0.6 is 0 Å². The van der Waals surface area contributed by atoms with E-state index in [2.05, 4.69) is 22.5 Å². The molecular weight excluding hydrogens is 883 g/mol. The van der Waals surface area contributed by atoms with Gasteiger partial charge in [0.15, 0.2) is 17.6 Å². The third-order valence-corrected chi connectivity index (χ3v) is 12.8. The summed E-state index contributed by atoms with van der Waals surface area (Å²) in [6.07, 6.45) is -4.54. The highest BCUT2D eigenvalue weighted by molar-refractivity contribution is 5.99. The van der Waals surface area contributed by atoms with Crippen molar-refractivity contribution in [3.8, 4) is 22.9 Å². The number of amides is 3. The van der Waals surface area contributed by atoms with Gasteiger partial charge in [0.2, 0.25) is 18.6 Å². The third-order valence-electron chi connectivity index (χ3n) is 12.8. The van der Waals surface area contributed by atoms with Gasteiger partial charge in [-0.1, -0.05) is 33.4 Å². The molecule has 360 valence electrons. The van der Waals surface area contributed by atoms with Crippen molar-refractivity contribution in [2.45, 2.75) is 122 Å². The zero-order valence-corrected chi connectivity index (χ0v) is 38.2. The Morgan fingerprint density at radius 2 is 1.76 bits per heavy atom. The van der Waals surface area contributed by atoms with Gasteiger partial charge >= 0.3 is 18.0 Å². The summed E-state index contributed by atoms with van der Waals surface area (Å²) in [7, 11) is 0. The lowest BCUT2D eigenvalue weighted by atomic mass is 9.90. The van der Waals surface area contributed by atoms with Crippen LogP contribution in [0, 0.1) is 5.92 Å². The van der Waals surface area contributed by atoms with Crippen molar-refractivity contribution in [1.82, 2.24) is 20.2 Å². The summed E-state index contributed by atoms with van der Waals surface area (Å²) in [5.41, 5.74) is 6.28. The van der Waals surface area contributed by atoms with Gasteiger partial charge in [0.1, 0.15) is 25.4 Å². The Bertz CT molecular complexity index is 2770. The summed E-state index contributed by atoms with van der Waals surface area (Å²) in [4.78, 5) is 82.1. The molecule has 68 heavy (non-hydrogen) atoms. The summed E-state index contributed by atoms with van der Waals surface area (Å²) in [6.45, 7) is 11.7. The van der Waals surface area contributed by atoms with Gasteiger partial charge in [-0.15, -0.1) is 0 Å². The molecule has 2 aromatic heterocycles. The maximum atomic E-state index is 14.0. The van der Waals surface area contributed by atoms with Crippen LogP contribution < -0.4 is 31.0 Å². The molecule has 0 aliphatic carbocycles. The molecule has 19 nitrogen and oxygen atoms in total. The number of nitrogens with one attached hydrogen (secondary N) is 3. The Hall–Kier alpha value is -6.83. The smallest absolute Gasteiger partial charge is 0.407 e. The van der Waals surface area contributed by atoms with E-state index in [-0.39, 0.29) is 88.6 Å². The van der Waals surface area contributed by atoms with Crippen molar-refractivity contribution in [3.63, 3.8) is 0 Å². The van der Waals surface area contributed by atoms with Crippen LogP contribution in [-0.4, -0.2) is 98.5 Å². The van der Waals surface area contributed by atoms with Crippen molar-refractivity contribution < 1.29 is 63.0 Å². The van der Waals surface area contributed by atoms with E-state index in [0.29, 0.717) is 68.3 Å². The number of cyclic esters (lactones) is 1. The summed E-state index contributed by atoms with van der Waals surface area (Å²) in [5.74, 6) is -1.91. The van der Waals surface area contributed by atoms with Gasteiger partial charge in [-0.3, -0.25) is 19.2 Å². The lowest BCUT2D eigenvalue weighted by Gasteiger charge is -2.35. The minimum Gasteiger partial charge on any atom is -0.479 e. The number of carboxylic acid groups (broad SMARTS) is 1. The van der Waals surface area contributed by atoms with Crippen molar-refractivity contribution in [2.75, 3.05) is 18.7 Å². The Balaban J connectivity index is 0.973. The number of benzene rings is 2. The zero-order chi connectivity index (χ0) is 48.6. The third kappa shape index (κ3) is 9.77. The largest absolute Gasteiger partial charge is 0.479 e. The number of aryl methyl sites for hydroxylation is 1. The zero-order valence-electron chi connectivity index (χ0n) is 38.2. The number of pyridine rings is 2. The number of aliphatic hydroxyl groups excluding tert-OH is 2. The molecule has 6 atom stereocenters. The first-order chi connectivity index (χ1) is 32.5. The molecule has 1 fully saturated rings. The molecule has 19 heteroatoms. The second kappa shape index (κ2) is 19.8. The van der Waals surface area contributed by atoms with Crippen LogP contribution in [0.1, 0.15) is 99.1 Å². The number of carbonyl (C=O) groups is 5. The number of aromatic nitrogens is 2. The van der Waals surface area contributed by atoms with Gasteiger partial charge in [-0.2, -0.15) is 0 Å². The number of hydrogen-bond donors (Lipinski definition) is 6. The molecule has 3 amide bonds. The van der Waals surface area contributed by atoms with Crippen LogP contribution in [0.15, 0.2) is 47.8 Å². The topological polar surface area (TPSA) is 263 Å². The predicted molar refractivity (Wildman–Crippen MR) is 245 cm³/mol. The summed E-state index contributed by atoms with van der Waals surface area (Å²) in [6, 6.07) is 9.63. The fourth-order valence-electron chi connectivity index (χ4n) is 9.26. The molecule has 6 heterocycles. The molecule has 0 unspecified atom stereocenters. The second-order valence-corrected chi connectivity index (χ2v) is 18.0. The molecule has 0 bridgehead atoms. The summed E-state index contributed by atoms with van der Waals surface area (Å²) < 4.78 is 29.7. The number of rotatable bonds is 16. The molecule has 0 saturated carbocycles. The van der Waals surface area contributed by atoms with Crippen molar-refractivity contribution in [1.29, 1.82) is 0 Å². The quantitative estimate of drug-likeness (QED) is 0.0749. The van der Waals surface area contributed by atoms with E-state index in [1.54, 1.807) is 35.8 Å². The fraction of sp³-hybridized carbons (Fsp3) is 0.449. The first kappa shape index (κ1) is 47.7. The maximum Gasteiger partial charge on any atom is 0.407 e. The molecule has 6 N–H and O–H groups in total. The Morgan fingerprint density at radius 1 is 1.00 bits per heavy atom. The van der Waals surface area contributed by atoms with E-state index < -0.39 is 54.3 Å². The SMILES string of the molecule is C=C(CCNC(=O)OCc1ccc(NC(=O)[C@H](C)NC(=O)CC(C)C)cc1CC[C@H]1C[C@@H](O)[C@H](O)[C@@H](C(=O)O)O1)c1c2c(nc3cc4c(cc13)OCO4)-c1cc3c(c(=O)n1C2)COC(=O)[C@@H]3CC. The second-order valence-electron chi connectivity index (χ2n) is 18.0. The van der Waals surface area contributed by atoms with Crippen LogP contribution in [-0.2, 0) is 59.6 Å². The number of alkyl carbamates (subject to hydrolysis) is 1. The van der Waals surface area contributed by atoms with Crippen LogP contribution in [0.3, 0.4) is 0 Å². The normalized spacial score (nSPS) is 20.5. The number of esters is 1. The number of fused-ring (bicyclic) bond motifs is 6. The average molecular weight is 938 g/mol. The minimum atomic E-state index is -1.62. The predicted octanol–water partition coefficient (Wildman–Crippen LogP) is 4.42. The number of carbonyl (C=O) groups excluding carboxylic acids is 4. The van der Waals surface area contributed by atoms with Crippen LogP contribution in [0.4, 0.5) is 10.5 Å². The van der Waals surface area contributed by atoms with Gasteiger partial charge in [-0.25, -0.2) is 14.6 Å². The molecule has 1 saturated heterocycles. The van der Waals surface area contributed by atoms with E-state index in [9.17, 15) is 44.1 Å². The summed E-state index contributed by atoms with van der Waals surface area (Å²) in [5, 5.41) is 39.1. The minimum absolute atomic E-state index is 0.0126. The first-order valence-electron chi connectivity index (χ1n) is 22.8. The van der Waals surface area contributed by atoms with Gasteiger partial charge in [-0.05, 0) is 90.6 Å². The highest BCUT2D eigenvalue weighted by atomic mass is 16.7. The fourth-order valence-corrected chi connectivity index (χ4v) is 9.26. The van der Waals surface area contributed by atoms with Crippen LogP contribution in [0.2, 0.25) is 0 Å².